The molecule has 0 saturated carbocycles. The molecule has 0 amide bonds. The predicted octanol–water partition coefficient (Wildman–Crippen LogP) is 4.40. The molecule has 0 aromatic heterocycles. The number of rotatable bonds is 7. The first-order valence-electron chi connectivity index (χ1n) is 9.79. The third-order valence-corrected chi connectivity index (χ3v) is 5.45. The number of guanidine groups is 1. The molecule has 5 nitrogen and oxygen atoms in total. The van der Waals surface area contributed by atoms with Crippen LogP contribution in [0.25, 0.3) is 10.8 Å². The maximum atomic E-state index is 13.7. The van der Waals surface area contributed by atoms with Crippen LogP contribution in [-0.2, 0) is 28.7 Å². The van der Waals surface area contributed by atoms with Crippen molar-refractivity contribution in [2.75, 3.05) is 12.8 Å². The Bertz CT molecular complexity index is 1170. The number of nitrogens with one attached hydrogen (secondary N) is 2. The van der Waals surface area contributed by atoms with Crippen LogP contribution in [-0.4, -0.2) is 27.2 Å². The zero-order chi connectivity index (χ0) is 21.6. The first kappa shape index (κ1) is 25.1. The molecule has 3 aromatic rings. The van der Waals surface area contributed by atoms with Crippen molar-refractivity contribution in [3.8, 4) is 0 Å². The van der Waals surface area contributed by atoms with E-state index in [0.717, 1.165) is 10.9 Å². The van der Waals surface area contributed by atoms with Crippen molar-refractivity contribution in [1.82, 2.24) is 10.6 Å². The van der Waals surface area contributed by atoms with Gasteiger partial charge < -0.3 is 10.6 Å². The Balaban J connectivity index is 0.00000341. The molecule has 0 radical (unpaired) electrons. The van der Waals surface area contributed by atoms with E-state index in [2.05, 4.69) is 39.9 Å². The Morgan fingerprint density at radius 2 is 1.71 bits per heavy atom. The molecule has 2 N–H and O–H groups in total. The van der Waals surface area contributed by atoms with E-state index in [1.807, 2.05) is 25.1 Å². The molecule has 0 aliphatic heterocycles. The molecule has 0 saturated heterocycles. The van der Waals surface area contributed by atoms with Gasteiger partial charge in [0.2, 0.25) is 0 Å². The molecule has 0 bridgehead atoms. The third kappa shape index (κ3) is 7.77. The quantitative estimate of drug-likeness (QED) is 0.258. The second kappa shape index (κ2) is 11.4. The van der Waals surface area contributed by atoms with Gasteiger partial charge in [0.15, 0.2) is 15.8 Å². The molecule has 3 aromatic carbocycles. The summed E-state index contributed by atoms with van der Waals surface area (Å²) in [7, 11) is -3.22. The summed E-state index contributed by atoms with van der Waals surface area (Å²) in [4.78, 5) is 4.61. The van der Waals surface area contributed by atoms with Gasteiger partial charge in [0, 0.05) is 19.3 Å². The van der Waals surface area contributed by atoms with Crippen LogP contribution >= 0.6 is 24.0 Å². The van der Waals surface area contributed by atoms with Crippen molar-refractivity contribution in [3.05, 3.63) is 83.2 Å². The fourth-order valence-electron chi connectivity index (χ4n) is 3.21. The number of fused-ring (bicyclic) bond motifs is 1. The van der Waals surface area contributed by atoms with Gasteiger partial charge in [0.05, 0.1) is 12.3 Å². The Hall–Kier alpha value is -2.20. The van der Waals surface area contributed by atoms with Gasteiger partial charge in [-0.15, -0.1) is 24.0 Å². The maximum Gasteiger partial charge on any atom is 0.191 e. The molecule has 0 fully saturated rings. The lowest BCUT2D eigenvalue weighted by Gasteiger charge is -2.14. The van der Waals surface area contributed by atoms with Crippen LogP contribution in [0.4, 0.5) is 4.39 Å². The van der Waals surface area contributed by atoms with Gasteiger partial charge in [0.25, 0.3) is 0 Å². The summed E-state index contributed by atoms with van der Waals surface area (Å²) < 4.78 is 37.1. The molecule has 0 heterocycles. The monoisotopic (exact) mass is 555 g/mol. The highest BCUT2D eigenvalue weighted by Crippen LogP contribution is 2.17. The number of benzene rings is 3. The summed E-state index contributed by atoms with van der Waals surface area (Å²) in [5.74, 6) is 0.0529. The van der Waals surface area contributed by atoms with Crippen molar-refractivity contribution in [2.45, 2.75) is 25.8 Å². The van der Waals surface area contributed by atoms with Crippen molar-refractivity contribution < 1.29 is 12.8 Å². The molecule has 0 atom stereocenters. The van der Waals surface area contributed by atoms with E-state index in [9.17, 15) is 12.8 Å². The Morgan fingerprint density at radius 3 is 2.42 bits per heavy atom. The van der Waals surface area contributed by atoms with E-state index in [-0.39, 0.29) is 36.3 Å². The normalized spacial score (nSPS) is 11.8. The first-order valence-corrected chi connectivity index (χ1v) is 11.8. The molecule has 0 aliphatic rings. The van der Waals surface area contributed by atoms with Gasteiger partial charge in [-0.3, -0.25) is 0 Å². The minimum absolute atomic E-state index is 0. The van der Waals surface area contributed by atoms with E-state index >= 15 is 0 Å². The smallest absolute Gasteiger partial charge is 0.191 e. The van der Waals surface area contributed by atoms with Crippen molar-refractivity contribution in [3.63, 3.8) is 0 Å². The topological polar surface area (TPSA) is 70.6 Å². The van der Waals surface area contributed by atoms with E-state index in [1.165, 1.54) is 29.8 Å². The van der Waals surface area contributed by atoms with E-state index in [4.69, 9.17) is 0 Å². The van der Waals surface area contributed by atoms with E-state index < -0.39 is 15.7 Å². The zero-order valence-electron chi connectivity index (χ0n) is 17.6. The van der Waals surface area contributed by atoms with Crippen LogP contribution in [0.15, 0.2) is 65.7 Å². The molecule has 31 heavy (non-hydrogen) atoms. The van der Waals surface area contributed by atoms with Gasteiger partial charge in [0.1, 0.15) is 5.82 Å². The van der Waals surface area contributed by atoms with Crippen LogP contribution in [0.1, 0.15) is 23.6 Å². The number of hydrogen-bond donors (Lipinski definition) is 2. The summed E-state index contributed by atoms with van der Waals surface area (Å²) >= 11 is 0. The fourth-order valence-corrected chi connectivity index (χ4v) is 4.06. The highest BCUT2D eigenvalue weighted by molar-refractivity contribution is 14.0. The predicted molar refractivity (Wildman–Crippen MR) is 136 cm³/mol. The highest BCUT2D eigenvalue weighted by atomic mass is 127. The largest absolute Gasteiger partial charge is 0.357 e. The van der Waals surface area contributed by atoms with Gasteiger partial charge in [-0.05, 0) is 52.6 Å². The Labute approximate surface area is 200 Å². The Morgan fingerprint density at radius 1 is 0.968 bits per heavy atom. The number of sulfone groups is 1. The fraction of sp³-hybridized carbons (Fsp3) is 0.261. The minimum Gasteiger partial charge on any atom is -0.357 e. The van der Waals surface area contributed by atoms with Crippen molar-refractivity contribution >= 4 is 50.5 Å². The zero-order valence-corrected chi connectivity index (χ0v) is 20.7. The molecular formula is C23H27FIN3O2S. The number of aliphatic imine (C=N–C) groups is 1. The summed E-state index contributed by atoms with van der Waals surface area (Å²) in [5, 5.41) is 8.69. The van der Waals surface area contributed by atoms with E-state index in [1.54, 1.807) is 0 Å². The maximum absolute atomic E-state index is 13.7. The molecular weight excluding hydrogens is 528 g/mol. The lowest BCUT2D eigenvalue weighted by molar-refractivity contribution is 0.599. The lowest BCUT2D eigenvalue weighted by Crippen LogP contribution is -2.37. The Kier molecular flexibility index (Phi) is 9.24. The number of halogens is 2. The summed E-state index contributed by atoms with van der Waals surface area (Å²) in [6.07, 6.45) is 1.17. The average Bonchev–Trinajstić information content (AvgIpc) is 2.70. The molecule has 0 unspecified atom stereocenters. The second-order valence-corrected chi connectivity index (χ2v) is 9.35. The van der Waals surface area contributed by atoms with Gasteiger partial charge in [-0.1, -0.05) is 42.5 Å². The molecule has 0 aliphatic carbocycles. The standard InChI is InChI=1S/C23H26FN3O2S.HI/c1-3-25-23(26-14-17-8-9-18-6-4-5-7-19(18)12-17)27-15-21-13-22(24)11-10-20(21)16-30(2,28)29;/h4-13H,3,14-16H2,1-2H3,(H2,25,26,27);1H. The van der Waals surface area contributed by atoms with Gasteiger partial charge in [-0.2, -0.15) is 0 Å². The van der Waals surface area contributed by atoms with Crippen LogP contribution < -0.4 is 10.6 Å². The minimum atomic E-state index is -3.22. The summed E-state index contributed by atoms with van der Waals surface area (Å²) in [6, 6.07) is 18.6. The van der Waals surface area contributed by atoms with E-state index in [0.29, 0.717) is 30.2 Å². The van der Waals surface area contributed by atoms with Crippen molar-refractivity contribution in [1.29, 1.82) is 0 Å². The van der Waals surface area contributed by atoms with Gasteiger partial charge in [-0.25, -0.2) is 17.8 Å². The van der Waals surface area contributed by atoms with Crippen LogP contribution in [0.2, 0.25) is 0 Å². The molecule has 166 valence electrons. The molecule has 3 rings (SSSR count). The number of hydrogen-bond acceptors (Lipinski definition) is 3. The number of nitrogens with zero attached hydrogens (tertiary/aromatic N) is 1. The molecule has 0 spiro atoms. The first-order chi connectivity index (χ1) is 14.3. The average molecular weight is 555 g/mol. The lowest BCUT2D eigenvalue weighted by atomic mass is 10.1. The van der Waals surface area contributed by atoms with Crippen LogP contribution in [0.3, 0.4) is 0 Å². The van der Waals surface area contributed by atoms with Crippen molar-refractivity contribution in [2.24, 2.45) is 4.99 Å². The van der Waals surface area contributed by atoms with Gasteiger partial charge >= 0.3 is 0 Å². The second-order valence-electron chi connectivity index (χ2n) is 7.21. The third-order valence-electron chi connectivity index (χ3n) is 4.61. The van der Waals surface area contributed by atoms with Crippen LogP contribution in [0.5, 0.6) is 0 Å². The highest BCUT2D eigenvalue weighted by Gasteiger charge is 2.11. The van der Waals surface area contributed by atoms with Crippen LogP contribution in [0, 0.1) is 5.82 Å². The summed E-state index contributed by atoms with van der Waals surface area (Å²) in [6.45, 7) is 3.39. The summed E-state index contributed by atoms with van der Waals surface area (Å²) in [5.41, 5.74) is 2.25. The molecule has 8 heteroatoms. The SMILES string of the molecule is CCNC(=NCc1ccc2ccccc2c1)NCc1cc(F)ccc1CS(C)(=O)=O.I.